The van der Waals surface area contributed by atoms with Crippen LogP contribution in [0.3, 0.4) is 0 Å². The van der Waals surface area contributed by atoms with E-state index in [9.17, 15) is 10.2 Å². The Morgan fingerprint density at radius 2 is 1.62 bits per heavy atom. The van der Waals surface area contributed by atoms with Crippen molar-refractivity contribution in [3.05, 3.63) is 29.8 Å². The van der Waals surface area contributed by atoms with Crippen LogP contribution in [0.25, 0.3) is 0 Å². The summed E-state index contributed by atoms with van der Waals surface area (Å²) in [6.45, 7) is 2.18. The van der Waals surface area contributed by atoms with Crippen LogP contribution < -0.4 is 4.74 Å². The van der Waals surface area contributed by atoms with Crippen LogP contribution in [-0.4, -0.2) is 29.5 Å². The highest BCUT2D eigenvalue weighted by Crippen LogP contribution is 2.16. The van der Waals surface area contributed by atoms with Crippen molar-refractivity contribution in [2.24, 2.45) is 0 Å². The van der Waals surface area contributed by atoms with Gasteiger partial charge in [-0.3, -0.25) is 0 Å². The smallest absolute Gasteiger partial charge is 0.118 e. The average Bonchev–Trinajstić information content (AvgIpc) is 2.50. The lowest BCUT2D eigenvalue weighted by molar-refractivity contribution is 0.0697. The van der Waals surface area contributed by atoms with Crippen LogP contribution in [0.5, 0.6) is 5.75 Å². The zero-order chi connectivity index (χ0) is 15.5. The van der Waals surface area contributed by atoms with Gasteiger partial charge < -0.3 is 14.9 Å². The fraction of sp³-hybridized carbons (Fsp3) is 0.667. The summed E-state index contributed by atoms with van der Waals surface area (Å²) in [7, 11) is 1.65. The quantitative estimate of drug-likeness (QED) is 0.612. The Hall–Kier alpha value is -1.06. The lowest BCUT2D eigenvalue weighted by Gasteiger charge is -2.15. The predicted octanol–water partition coefficient (Wildman–Crippen LogP) is 3.71. The van der Waals surface area contributed by atoms with Crippen molar-refractivity contribution in [2.75, 3.05) is 7.11 Å². The van der Waals surface area contributed by atoms with E-state index in [0.29, 0.717) is 12.8 Å². The largest absolute Gasteiger partial charge is 0.497 e. The molecule has 21 heavy (non-hydrogen) atoms. The van der Waals surface area contributed by atoms with Crippen molar-refractivity contribution >= 4 is 0 Å². The van der Waals surface area contributed by atoms with E-state index in [1.807, 2.05) is 24.3 Å². The minimum absolute atomic E-state index is 0.368. The molecule has 0 aromatic heterocycles. The minimum Gasteiger partial charge on any atom is -0.497 e. The van der Waals surface area contributed by atoms with Crippen LogP contribution >= 0.6 is 0 Å². The lowest BCUT2D eigenvalue weighted by Crippen LogP contribution is -2.18. The highest BCUT2D eigenvalue weighted by atomic mass is 16.5. The van der Waals surface area contributed by atoms with E-state index in [1.54, 1.807) is 7.11 Å². The highest BCUT2D eigenvalue weighted by Gasteiger charge is 2.11. The summed E-state index contributed by atoms with van der Waals surface area (Å²) in [6.07, 6.45) is 6.69. The second-order valence-corrected chi connectivity index (χ2v) is 5.78. The maximum Gasteiger partial charge on any atom is 0.118 e. The van der Waals surface area contributed by atoms with Crippen LogP contribution in [0, 0.1) is 0 Å². The monoisotopic (exact) mass is 294 g/mol. The molecule has 0 heterocycles. The Labute approximate surface area is 129 Å². The number of unbranched alkanes of at least 4 members (excludes halogenated alkanes) is 3. The van der Waals surface area contributed by atoms with Gasteiger partial charge in [-0.2, -0.15) is 0 Å². The fourth-order valence-corrected chi connectivity index (χ4v) is 2.48. The summed E-state index contributed by atoms with van der Waals surface area (Å²) in [4.78, 5) is 0. The third-order valence-electron chi connectivity index (χ3n) is 3.86. The van der Waals surface area contributed by atoms with E-state index in [0.717, 1.165) is 25.0 Å². The summed E-state index contributed by atoms with van der Waals surface area (Å²) in [5.41, 5.74) is 1.19. The number of aliphatic hydroxyl groups is 2. The number of ether oxygens (including phenoxy) is 1. The van der Waals surface area contributed by atoms with E-state index in [4.69, 9.17) is 4.74 Å². The normalized spacial score (nSPS) is 13.9. The van der Waals surface area contributed by atoms with E-state index in [-0.39, 0.29) is 6.10 Å². The molecular weight excluding hydrogens is 264 g/mol. The van der Waals surface area contributed by atoms with Gasteiger partial charge in [-0.15, -0.1) is 0 Å². The molecule has 3 nitrogen and oxygen atoms in total. The van der Waals surface area contributed by atoms with Gasteiger partial charge in [0.15, 0.2) is 0 Å². The van der Waals surface area contributed by atoms with Crippen LogP contribution in [0.15, 0.2) is 24.3 Å². The van der Waals surface area contributed by atoms with Crippen LogP contribution in [0.2, 0.25) is 0 Å². The Kier molecular flexibility index (Phi) is 9.11. The van der Waals surface area contributed by atoms with Crippen molar-refractivity contribution in [1.29, 1.82) is 0 Å². The second kappa shape index (κ2) is 10.6. The van der Waals surface area contributed by atoms with E-state index in [2.05, 4.69) is 6.92 Å². The fourth-order valence-electron chi connectivity index (χ4n) is 2.48. The average molecular weight is 294 g/mol. The Morgan fingerprint density at radius 1 is 0.952 bits per heavy atom. The maximum atomic E-state index is 10.00. The molecule has 1 aromatic rings. The molecule has 0 aliphatic carbocycles. The van der Waals surface area contributed by atoms with Gasteiger partial charge in [0.1, 0.15) is 5.75 Å². The molecule has 0 aliphatic rings. The van der Waals surface area contributed by atoms with Gasteiger partial charge in [0.25, 0.3) is 0 Å². The second-order valence-electron chi connectivity index (χ2n) is 5.78. The Bertz CT molecular complexity index is 361. The number of benzene rings is 1. The van der Waals surface area contributed by atoms with Crippen LogP contribution in [0.4, 0.5) is 0 Å². The minimum atomic E-state index is -0.423. The molecule has 1 rings (SSSR count). The molecular formula is C18H30O3. The Morgan fingerprint density at radius 3 is 2.24 bits per heavy atom. The summed E-state index contributed by atoms with van der Waals surface area (Å²) in [5, 5.41) is 19.9. The first-order chi connectivity index (χ1) is 10.2. The number of aliphatic hydroxyl groups excluding tert-OH is 2. The zero-order valence-electron chi connectivity index (χ0n) is 13.4. The molecule has 0 amide bonds. The van der Waals surface area contributed by atoms with E-state index < -0.39 is 6.10 Å². The van der Waals surface area contributed by atoms with Crippen molar-refractivity contribution in [3.63, 3.8) is 0 Å². The van der Waals surface area contributed by atoms with Crippen molar-refractivity contribution in [3.8, 4) is 5.75 Å². The molecule has 120 valence electrons. The van der Waals surface area contributed by atoms with Gasteiger partial charge in [-0.25, -0.2) is 0 Å². The summed E-state index contributed by atoms with van der Waals surface area (Å²) < 4.78 is 5.12. The van der Waals surface area contributed by atoms with Crippen molar-refractivity contribution < 1.29 is 14.9 Å². The van der Waals surface area contributed by atoms with Gasteiger partial charge in [0, 0.05) is 0 Å². The first-order valence-corrected chi connectivity index (χ1v) is 8.14. The molecule has 0 radical (unpaired) electrons. The highest BCUT2D eigenvalue weighted by molar-refractivity contribution is 5.27. The number of hydrogen-bond donors (Lipinski definition) is 2. The topological polar surface area (TPSA) is 49.7 Å². The molecule has 0 fully saturated rings. The van der Waals surface area contributed by atoms with Gasteiger partial charge in [-0.1, -0.05) is 44.7 Å². The molecule has 0 bridgehead atoms. The van der Waals surface area contributed by atoms with Gasteiger partial charge >= 0.3 is 0 Å². The van der Waals surface area contributed by atoms with Crippen LogP contribution in [-0.2, 0) is 6.42 Å². The molecule has 1 aromatic carbocycles. The summed E-state index contributed by atoms with van der Waals surface area (Å²) >= 11 is 0. The third-order valence-corrected chi connectivity index (χ3v) is 3.86. The number of hydrogen-bond acceptors (Lipinski definition) is 3. The summed E-state index contributed by atoms with van der Waals surface area (Å²) in [5.74, 6) is 0.849. The number of aryl methyl sites for hydroxylation is 1. The Balaban J connectivity index is 2.18. The number of methoxy groups -OCH3 is 1. The van der Waals surface area contributed by atoms with Crippen LogP contribution in [0.1, 0.15) is 57.4 Å². The maximum absolute atomic E-state index is 10.00. The van der Waals surface area contributed by atoms with E-state index in [1.165, 1.54) is 24.8 Å². The first kappa shape index (κ1) is 18.0. The third kappa shape index (κ3) is 8.08. The molecule has 0 spiro atoms. The molecule has 3 heteroatoms. The van der Waals surface area contributed by atoms with Gasteiger partial charge in [-0.05, 0) is 43.4 Å². The lowest BCUT2D eigenvalue weighted by atomic mass is 10.00. The molecule has 0 unspecified atom stereocenters. The first-order valence-electron chi connectivity index (χ1n) is 8.14. The van der Waals surface area contributed by atoms with Gasteiger partial charge in [0.05, 0.1) is 19.3 Å². The molecule has 0 saturated heterocycles. The van der Waals surface area contributed by atoms with Crippen molar-refractivity contribution in [2.45, 2.75) is 70.5 Å². The predicted molar refractivity (Wildman–Crippen MR) is 86.7 cm³/mol. The zero-order valence-corrected chi connectivity index (χ0v) is 13.4. The van der Waals surface area contributed by atoms with Gasteiger partial charge in [0.2, 0.25) is 0 Å². The molecule has 0 aliphatic heterocycles. The van der Waals surface area contributed by atoms with Crippen molar-refractivity contribution in [1.82, 2.24) is 0 Å². The van der Waals surface area contributed by atoms with E-state index >= 15 is 0 Å². The number of rotatable bonds is 11. The summed E-state index contributed by atoms with van der Waals surface area (Å²) in [6, 6.07) is 7.91. The molecule has 2 atom stereocenters. The standard InChI is InChI=1S/C18H30O3/c1-3-4-5-6-7-16(19)14-17(20)11-8-15-9-12-18(21-2)13-10-15/h9-10,12-13,16-17,19-20H,3-8,11,14H2,1-2H3/t16-,17+/m1/s1. The SMILES string of the molecule is CCCCCC[C@@H](O)C[C@@H](O)CCc1ccc(OC)cc1. The molecule has 2 N–H and O–H groups in total. The molecule has 0 saturated carbocycles.